The third-order valence-electron chi connectivity index (χ3n) is 4.01. The van der Waals surface area contributed by atoms with Crippen LogP contribution in [-0.2, 0) is 0 Å². The summed E-state index contributed by atoms with van der Waals surface area (Å²) in [6, 6.07) is 18.3. The standard InChI is InChI=1S/C19H10N2O2/c20-10-14-12-8-4-5-9-13(12)18(22)16-15(14)19(23)21-17(16)11-6-2-1-3-7-11/h1-9,22H. The van der Waals surface area contributed by atoms with Gasteiger partial charge in [0, 0.05) is 16.3 Å². The van der Waals surface area contributed by atoms with E-state index >= 15 is 0 Å². The van der Waals surface area contributed by atoms with Crippen LogP contribution in [0.2, 0.25) is 0 Å². The zero-order valence-electron chi connectivity index (χ0n) is 11.9. The molecule has 1 N–H and O–H groups in total. The van der Waals surface area contributed by atoms with Crippen molar-refractivity contribution in [2.75, 3.05) is 0 Å². The van der Waals surface area contributed by atoms with Gasteiger partial charge in [0.1, 0.15) is 11.8 Å². The summed E-state index contributed by atoms with van der Waals surface area (Å²) in [6.45, 7) is 0. The number of amides is 1. The third-order valence-corrected chi connectivity index (χ3v) is 4.01. The molecule has 3 aromatic rings. The van der Waals surface area contributed by atoms with Crippen molar-refractivity contribution in [3.05, 3.63) is 76.9 Å². The van der Waals surface area contributed by atoms with Gasteiger partial charge in [-0.15, -0.1) is 0 Å². The first kappa shape index (κ1) is 13.2. The molecule has 0 unspecified atom stereocenters. The number of rotatable bonds is 1. The smallest absolute Gasteiger partial charge is 0.279 e. The Morgan fingerprint density at radius 1 is 0.913 bits per heavy atom. The molecule has 0 aromatic heterocycles. The second-order valence-electron chi connectivity index (χ2n) is 5.26. The molecule has 108 valence electrons. The molecule has 0 spiro atoms. The van der Waals surface area contributed by atoms with Gasteiger partial charge in [-0.1, -0.05) is 54.6 Å². The molecule has 0 saturated heterocycles. The number of aliphatic imine (C=N–C) groups is 1. The quantitative estimate of drug-likeness (QED) is 0.748. The fraction of sp³-hybridized carbons (Fsp3) is 0. The molecule has 23 heavy (non-hydrogen) atoms. The van der Waals surface area contributed by atoms with E-state index in [1.807, 2.05) is 30.3 Å². The van der Waals surface area contributed by atoms with E-state index in [2.05, 4.69) is 11.1 Å². The highest BCUT2D eigenvalue weighted by molar-refractivity contribution is 6.31. The number of carbonyl (C=O) groups is 1. The molecule has 0 radical (unpaired) electrons. The number of carbonyl (C=O) groups excluding carboxylic acids is 1. The average Bonchev–Trinajstić information content (AvgIpc) is 2.94. The van der Waals surface area contributed by atoms with E-state index in [1.165, 1.54) is 0 Å². The maximum atomic E-state index is 12.4. The number of fused-ring (bicyclic) bond motifs is 2. The predicted molar refractivity (Wildman–Crippen MR) is 86.7 cm³/mol. The summed E-state index contributed by atoms with van der Waals surface area (Å²) in [6.07, 6.45) is 0. The van der Waals surface area contributed by atoms with Crippen LogP contribution < -0.4 is 0 Å². The fourth-order valence-corrected chi connectivity index (χ4v) is 3.00. The van der Waals surface area contributed by atoms with Gasteiger partial charge >= 0.3 is 0 Å². The minimum atomic E-state index is -0.489. The Bertz CT molecular complexity index is 1040. The highest BCUT2D eigenvalue weighted by atomic mass is 16.3. The van der Waals surface area contributed by atoms with Crippen LogP contribution in [0.4, 0.5) is 0 Å². The summed E-state index contributed by atoms with van der Waals surface area (Å²) in [5.41, 5.74) is 1.92. The van der Waals surface area contributed by atoms with Crippen molar-refractivity contribution in [2.24, 2.45) is 4.99 Å². The van der Waals surface area contributed by atoms with Gasteiger partial charge in [-0.2, -0.15) is 5.26 Å². The molecule has 1 amide bonds. The van der Waals surface area contributed by atoms with Gasteiger partial charge in [0.15, 0.2) is 0 Å². The van der Waals surface area contributed by atoms with E-state index < -0.39 is 5.91 Å². The number of hydrogen-bond acceptors (Lipinski definition) is 3. The summed E-state index contributed by atoms with van der Waals surface area (Å²) in [4.78, 5) is 16.5. The normalized spacial score (nSPS) is 12.8. The Morgan fingerprint density at radius 2 is 1.57 bits per heavy atom. The van der Waals surface area contributed by atoms with Crippen LogP contribution in [0.3, 0.4) is 0 Å². The highest BCUT2D eigenvalue weighted by Crippen LogP contribution is 2.39. The highest BCUT2D eigenvalue weighted by Gasteiger charge is 2.32. The number of phenolic OH excluding ortho intramolecular Hbond substituents is 1. The Labute approximate surface area is 132 Å². The van der Waals surface area contributed by atoms with Gasteiger partial charge < -0.3 is 5.11 Å². The van der Waals surface area contributed by atoms with Gasteiger partial charge in [0.05, 0.1) is 22.4 Å². The topological polar surface area (TPSA) is 73.4 Å². The third kappa shape index (κ3) is 1.77. The van der Waals surface area contributed by atoms with Crippen molar-refractivity contribution in [3.8, 4) is 11.8 Å². The van der Waals surface area contributed by atoms with Gasteiger partial charge in [-0.3, -0.25) is 4.79 Å². The molecule has 1 aliphatic rings. The number of nitrogens with zero attached hydrogens (tertiary/aromatic N) is 2. The van der Waals surface area contributed by atoms with Gasteiger partial charge in [0.25, 0.3) is 5.91 Å². The monoisotopic (exact) mass is 298 g/mol. The largest absolute Gasteiger partial charge is 0.507 e. The fourth-order valence-electron chi connectivity index (χ4n) is 3.00. The minimum Gasteiger partial charge on any atom is -0.507 e. The lowest BCUT2D eigenvalue weighted by molar-refractivity contribution is 0.101. The van der Waals surface area contributed by atoms with E-state index in [0.29, 0.717) is 22.0 Å². The molecule has 0 atom stereocenters. The second kappa shape index (κ2) is 4.79. The first-order valence-electron chi connectivity index (χ1n) is 7.09. The molecular weight excluding hydrogens is 288 g/mol. The summed E-state index contributed by atoms with van der Waals surface area (Å²) in [5.74, 6) is -0.500. The zero-order chi connectivity index (χ0) is 16.0. The number of aromatic hydroxyl groups is 1. The van der Waals surface area contributed by atoms with Gasteiger partial charge in [-0.05, 0) is 0 Å². The SMILES string of the molecule is N#Cc1c2c(c(O)c3ccccc13)C(c1ccccc1)=NC2=O. The molecule has 4 rings (SSSR count). The molecule has 4 nitrogen and oxygen atoms in total. The van der Waals surface area contributed by atoms with Crippen molar-refractivity contribution in [2.45, 2.75) is 0 Å². The summed E-state index contributed by atoms with van der Waals surface area (Å²) in [7, 11) is 0. The van der Waals surface area contributed by atoms with Crippen LogP contribution in [0.25, 0.3) is 10.8 Å². The van der Waals surface area contributed by atoms with Crippen molar-refractivity contribution in [3.63, 3.8) is 0 Å². The van der Waals surface area contributed by atoms with E-state index in [-0.39, 0.29) is 16.9 Å². The molecule has 1 heterocycles. The van der Waals surface area contributed by atoms with Gasteiger partial charge in [-0.25, -0.2) is 4.99 Å². The zero-order valence-corrected chi connectivity index (χ0v) is 11.9. The maximum absolute atomic E-state index is 12.4. The number of benzene rings is 3. The Morgan fingerprint density at radius 3 is 2.26 bits per heavy atom. The van der Waals surface area contributed by atoms with Gasteiger partial charge in [0.2, 0.25) is 0 Å². The van der Waals surface area contributed by atoms with Crippen molar-refractivity contribution >= 4 is 22.4 Å². The minimum absolute atomic E-state index is 0.0111. The Balaban J connectivity index is 2.14. The lowest BCUT2D eigenvalue weighted by Crippen LogP contribution is -2.04. The first-order valence-corrected chi connectivity index (χ1v) is 7.09. The maximum Gasteiger partial charge on any atom is 0.279 e. The summed E-state index contributed by atoms with van der Waals surface area (Å²) < 4.78 is 0. The molecule has 3 aromatic carbocycles. The van der Waals surface area contributed by atoms with E-state index in [0.717, 1.165) is 5.56 Å². The van der Waals surface area contributed by atoms with Crippen LogP contribution in [0.1, 0.15) is 27.0 Å². The molecule has 0 fully saturated rings. The van der Waals surface area contributed by atoms with Crippen LogP contribution in [0.15, 0.2) is 59.6 Å². The van der Waals surface area contributed by atoms with Crippen LogP contribution in [0, 0.1) is 11.3 Å². The molecule has 1 aliphatic heterocycles. The lowest BCUT2D eigenvalue weighted by atomic mass is 9.90. The van der Waals surface area contributed by atoms with Crippen LogP contribution in [-0.4, -0.2) is 16.7 Å². The summed E-state index contributed by atoms with van der Waals surface area (Å²) >= 11 is 0. The van der Waals surface area contributed by atoms with Crippen LogP contribution in [0.5, 0.6) is 5.75 Å². The predicted octanol–water partition coefficient (Wildman–Crippen LogP) is 3.41. The van der Waals surface area contributed by atoms with Crippen molar-refractivity contribution < 1.29 is 9.90 Å². The first-order chi connectivity index (χ1) is 11.2. The number of phenols is 1. The second-order valence-corrected chi connectivity index (χ2v) is 5.26. The molecule has 0 saturated carbocycles. The summed E-state index contributed by atoms with van der Waals surface area (Å²) in [5, 5.41) is 21.3. The van der Waals surface area contributed by atoms with E-state index in [1.54, 1.807) is 24.3 Å². The number of hydrogen-bond donors (Lipinski definition) is 1. The van der Waals surface area contributed by atoms with Crippen molar-refractivity contribution in [1.82, 2.24) is 0 Å². The molecule has 0 bridgehead atoms. The van der Waals surface area contributed by atoms with E-state index in [4.69, 9.17) is 0 Å². The Kier molecular flexibility index (Phi) is 2.75. The number of nitriles is 1. The van der Waals surface area contributed by atoms with Crippen molar-refractivity contribution in [1.29, 1.82) is 5.26 Å². The Hall–Kier alpha value is -3.45. The average molecular weight is 298 g/mol. The molecule has 0 aliphatic carbocycles. The molecular formula is C19H10N2O2. The van der Waals surface area contributed by atoms with E-state index in [9.17, 15) is 15.2 Å². The lowest BCUT2D eigenvalue weighted by Gasteiger charge is -2.11. The molecule has 4 heteroatoms. The van der Waals surface area contributed by atoms with Crippen LogP contribution >= 0.6 is 0 Å².